The summed E-state index contributed by atoms with van der Waals surface area (Å²) in [5, 5.41) is 18.3. The highest BCUT2D eigenvalue weighted by atomic mass is 19.3. The van der Waals surface area contributed by atoms with E-state index in [-0.39, 0.29) is 18.4 Å². The van der Waals surface area contributed by atoms with Crippen molar-refractivity contribution >= 4 is 11.9 Å². The number of carbonyl (C=O) groups is 2. The fourth-order valence-corrected chi connectivity index (χ4v) is 2.94. The van der Waals surface area contributed by atoms with Crippen LogP contribution in [0, 0.1) is 11.8 Å². The van der Waals surface area contributed by atoms with Crippen molar-refractivity contribution in [3.05, 3.63) is 12.2 Å². The minimum absolute atomic E-state index is 0.0229. The van der Waals surface area contributed by atoms with Gasteiger partial charge in [0.25, 0.3) is 5.92 Å². The van der Waals surface area contributed by atoms with Crippen LogP contribution >= 0.6 is 0 Å². The number of aliphatic carboxylic acids is 1. The van der Waals surface area contributed by atoms with E-state index in [0.29, 0.717) is 32.2 Å². The smallest absolute Gasteiger partial charge is 0.303 e. The molecule has 0 saturated carbocycles. The summed E-state index contributed by atoms with van der Waals surface area (Å²) < 4.78 is 27.7. The molecule has 0 unspecified atom stereocenters. The molecule has 1 fully saturated rings. The van der Waals surface area contributed by atoms with Crippen LogP contribution in [0.4, 0.5) is 8.78 Å². The summed E-state index contributed by atoms with van der Waals surface area (Å²) in [4.78, 5) is 24.1. The average Bonchev–Trinajstić information content (AvgIpc) is 2.95. The predicted molar refractivity (Wildman–Crippen MR) is 98.2 cm³/mol. The monoisotopic (exact) mass is 385 g/mol. The summed E-state index contributed by atoms with van der Waals surface area (Å²) in [5.41, 5.74) is 0. The molecular weight excluding hydrogens is 356 g/mol. The number of aliphatic hydroxyl groups excluding tert-OH is 1. The van der Waals surface area contributed by atoms with Gasteiger partial charge in [0.2, 0.25) is 5.91 Å². The molecule has 0 bridgehead atoms. The van der Waals surface area contributed by atoms with E-state index in [4.69, 9.17) is 5.11 Å². The van der Waals surface area contributed by atoms with Gasteiger partial charge in [-0.1, -0.05) is 37.8 Å². The fourth-order valence-electron chi connectivity index (χ4n) is 2.94. The van der Waals surface area contributed by atoms with Gasteiger partial charge in [0.1, 0.15) is 6.10 Å². The number of carboxylic acid groups (broad SMARTS) is 1. The number of rotatable bonds is 11. The van der Waals surface area contributed by atoms with Gasteiger partial charge < -0.3 is 15.1 Å². The second-order valence-corrected chi connectivity index (χ2v) is 6.73. The maximum Gasteiger partial charge on any atom is 0.303 e. The molecule has 2 N–H and O–H groups in total. The highest BCUT2D eigenvalue weighted by molar-refractivity contribution is 5.79. The molecule has 0 radical (unpaired) electrons. The van der Waals surface area contributed by atoms with E-state index in [0.717, 1.165) is 25.3 Å². The average molecular weight is 385 g/mol. The second-order valence-electron chi connectivity index (χ2n) is 6.73. The van der Waals surface area contributed by atoms with Gasteiger partial charge in [-0.3, -0.25) is 9.59 Å². The number of unbranched alkanes of at least 4 members (excludes halogenated alkanes) is 3. The number of hydrogen-bond donors (Lipinski definition) is 2. The Morgan fingerprint density at radius 3 is 2.70 bits per heavy atom. The molecule has 2 atom stereocenters. The lowest BCUT2D eigenvalue weighted by Crippen LogP contribution is -2.34. The third-order valence-corrected chi connectivity index (χ3v) is 4.49. The number of alkyl halides is 2. The summed E-state index contributed by atoms with van der Waals surface area (Å²) in [5.74, 6) is 0.759. The third kappa shape index (κ3) is 8.53. The van der Waals surface area contributed by atoms with E-state index in [1.807, 2.05) is 0 Å². The Hall–Kier alpha value is -1.94. The van der Waals surface area contributed by atoms with Crippen LogP contribution in [0.1, 0.15) is 64.7 Å². The van der Waals surface area contributed by atoms with Crippen LogP contribution in [-0.4, -0.2) is 51.6 Å². The summed E-state index contributed by atoms with van der Waals surface area (Å²) in [6.07, 6.45) is 4.38. The topological polar surface area (TPSA) is 77.8 Å². The lowest BCUT2D eigenvalue weighted by atomic mass is 10.1. The zero-order valence-corrected chi connectivity index (χ0v) is 15.8. The highest BCUT2D eigenvalue weighted by Gasteiger charge is 2.36. The van der Waals surface area contributed by atoms with Crippen molar-refractivity contribution in [3.8, 4) is 11.8 Å². The SMILES string of the molecule is CCC#CCC(F)(F)[C@H](O)/C=C/[C@H]1CCC(=O)N1CCCCCCC(=O)O. The van der Waals surface area contributed by atoms with E-state index in [1.165, 1.54) is 6.08 Å². The van der Waals surface area contributed by atoms with Gasteiger partial charge in [-0.05, 0) is 19.3 Å². The Bertz CT molecular complexity index is 580. The minimum atomic E-state index is -3.32. The zero-order chi connectivity index (χ0) is 20.3. The molecule has 152 valence electrons. The van der Waals surface area contributed by atoms with Crippen molar-refractivity contribution < 1.29 is 28.6 Å². The van der Waals surface area contributed by atoms with Gasteiger partial charge in [-0.25, -0.2) is 8.78 Å². The van der Waals surface area contributed by atoms with E-state index >= 15 is 0 Å². The molecular formula is C20H29F2NO4. The molecule has 0 aromatic carbocycles. The molecule has 1 aliphatic rings. The molecule has 5 nitrogen and oxygen atoms in total. The van der Waals surface area contributed by atoms with E-state index in [2.05, 4.69) is 11.8 Å². The first-order valence-corrected chi connectivity index (χ1v) is 9.49. The maximum absolute atomic E-state index is 13.8. The molecule has 1 amide bonds. The summed E-state index contributed by atoms with van der Waals surface area (Å²) in [7, 11) is 0. The van der Waals surface area contributed by atoms with Crippen LogP contribution in [0.5, 0.6) is 0 Å². The van der Waals surface area contributed by atoms with Gasteiger partial charge >= 0.3 is 5.97 Å². The van der Waals surface area contributed by atoms with E-state index in [1.54, 1.807) is 11.8 Å². The number of aliphatic hydroxyl groups is 1. The normalized spacial score (nSPS) is 18.6. The molecule has 0 aliphatic carbocycles. The standard InChI is InChI=1S/C20H29F2NO4/c1-2-3-7-14-20(21,22)17(24)12-10-16-11-13-18(25)23(16)15-8-5-4-6-9-19(26)27/h10,12,16-17,24H,2,4-6,8-9,11,13-15H2,1H3,(H,26,27)/b12-10+/t16-,17+/m0/s1. The fraction of sp³-hybridized carbons (Fsp3) is 0.700. The molecule has 0 spiro atoms. The molecule has 7 heteroatoms. The molecule has 0 aromatic rings. The molecule has 1 saturated heterocycles. The zero-order valence-electron chi connectivity index (χ0n) is 15.8. The Balaban J connectivity index is 2.48. The Labute approximate surface area is 159 Å². The van der Waals surface area contributed by atoms with Crippen molar-refractivity contribution in [2.24, 2.45) is 0 Å². The van der Waals surface area contributed by atoms with Crippen LogP contribution < -0.4 is 0 Å². The summed E-state index contributed by atoms with van der Waals surface area (Å²) >= 11 is 0. The number of carboxylic acids is 1. The number of likely N-dealkylation sites (tertiary alicyclic amines) is 1. The van der Waals surface area contributed by atoms with Crippen molar-refractivity contribution in [2.45, 2.75) is 82.8 Å². The molecule has 1 heterocycles. The highest BCUT2D eigenvalue weighted by Crippen LogP contribution is 2.26. The lowest BCUT2D eigenvalue weighted by molar-refractivity contribution is -0.137. The van der Waals surface area contributed by atoms with Crippen LogP contribution in [-0.2, 0) is 9.59 Å². The summed E-state index contributed by atoms with van der Waals surface area (Å²) in [6, 6.07) is -0.288. The van der Waals surface area contributed by atoms with Gasteiger partial charge in [0, 0.05) is 25.8 Å². The largest absolute Gasteiger partial charge is 0.481 e. The number of halogens is 2. The second kappa shape index (κ2) is 11.7. The number of hydrogen-bond acceptors (Lipinski definition) is 3. The minimum Gasteiger partial charge on any atom is -0.481 e. The van der Waals surface area contributed by atoms with Crippen LogP contribution in [0.2, 0.25) is 0 Å². The lowest BCUT2D eigenvalue weighted by Gasteiger charge is -2.23. The van der Waals surface area contributed by atoms with Gasteiger partial charge in [0.05, 0.1) is 12.5 Å². The van der Waals surface area contributed by atoms with Crippen LogP contribution in [0.25, 0.3) is 0 Å². The van der Waals surface area contributed by atoms with Crippen molar-refractivity contribution in [1.82, 2.24) is 4.90 Å². The van der Waals surface area contributed by atoms with Crippen LogP contribution in [0.3, 0.4) is 0 Å². The maximum atomic E-state index is 13.8. The quantitative estimate of drug-likeness (QED) is 0.325. The molecule has 27 heavy (non-hydrogen) atoms. The summed E-state index contributed by atoms with van der Waals surface area (Å²) in [6.45, 7) is 2.27. The van der Waals surface area contributed by atoms with Gasteiger partial charge in [-0.15, -0.1) is 5.92 Å². The predicted octanol–water partition coefficient (Wildman–Crippen LogP) is 3.37. The van der Waals surface area contributed by atoms with Gasteiger partial charge in [-0.2, -0.15) is 0 Å². The van der Waals surface area contributed by atoms with Crippen molar-refractivity contribution in [1.29, 1.82) is 0 Å². The molecule has 1 rings (SSSR count). The van der Waals surface area contributed by atoms with Crippen molar-refractivity contribution in [3.63, 3.8) is 0 Å². The third-order valence-electron chi connectivity index (χ3n) is 4.49. The number of amides is 1. The van der Waals surface area contributed by atoms with Crippen LogP contribution in [0.15, 0.2) is 12.2 Å². The molecule has 1 aliphatic heterocycles. The first-order valence-electron chi connectivity index (χ1n) is 9.49. The van der Waals surface area contributed by atoms with Gasteiger partial charge in [0.15, 0.2) is 0 Å². The Morgan fingerprint density at radius 1 is 1.33 bits per heavy atom. The Kier molecular flexibility index (Phi) is 10.0. The number of nitrogens with zero attached hydrogens (tertiary/aromatic N) is 1. The number of carbonyl (C=O) groups excluding carboxylic acids is 1. The van der Waals surface area contributed by atoms with E-state index < -0.39 is 24.4 Å². The molecule has 0 aromatic heterocycles. The van der Waals surface area contributed by atoms with E-state index in [9.17, 15) is 23.5 Å². The van der Waals surface area contributed by atoms with Crippen molar-refractivity contribution in [2.75, 3.05) is 6.54 Å². The first kappa shape index (κ1) is 23.1. The Morgan fingerprint density at radius 2 is 2.04 bits per heavy atom. The first-order chi connectivity index (χ1) is 12.8.